The van der Waals surface area contributed by atoms with E-state index in [1.54, 1.807) is 0 Å². The number of primary amides is 1. The van der Waals surface area contributed by atoms with Gasteiger partial charge >= 0.3 is 0 Å². The highest BCUT2D eigenvalue weighted by atomic mass is 16.5. The standard InChI is InChI=1S/C16H29N3O4/c1-18(12-15(17)20)10-14-11-19(7-9-23-14)16(21)6-5-13-4-2-3-8-22-13/h13-14H,2-12H2,1H3,(H2,17,20)/t13-,14+/m0/s1. The summed E-state index contributed by atoms with van der Waals surface area (Å²) in [5.74, 6) is -0.186. The molecular weight excluding hydrogens is 298 g/mol. The van der Waals surface area contributed by atoms with E-state index in [4.69, 9.17) is 15.2 Å². The number of hydrogen-bond acceptors (Lipinski definition) is 5. The van der Waals surface area contributed by atoms with Crippen LogP contribution in [-0.2, 0) is 19.1 Å². The molecule has 2 saturated heterocycles. The Hall–Kier alpha value is -1.18. The fourth-order valence-electron chi connectivity index (χ4n) is 3.21. The zero-order chi connectivity index (χ0) is 16.7. The van der Waals surface area contributed by atoms with Gasteiger partial charge < -0.3 is 20.1 Å². The van der Waals surface area contributed by atoms with E-state index in [-0.39, 0.29) is 30.6 Å². The number of hydrogen-bond donors (Lipinski definition) is 1. The number of carbonyl (C=O) groups is 2. The molecule has 0 aliphatic carbocycles. The molecule has 0 spiro atoms. The van der Waals surface area contributed by atoms with Crippen LogP contribution in [0, 0.1) is 0 Å². The minimum atomic E-state index is -0.358. The second kappa shape index (κ2) is 9.20. The zero-order valence-electron chi connectivity index (χ0n) is 14.0. The van der Waals surface area contributed by atoms with Crippen LogP contribution in [0.2, 0.25) is 0 Å². The van der Waals surface area contributed by atoms with Crippen molar-refractivity contribution in [2.45, 2.75) is 44.3 Å². The van der Waals surface area contributed by atoms with Crippen molar-refractivity contribution < 1.29 is 19.1 Å². The van der Waals surface area contributed by atoms with E-state index in [0.29, 0.717) is 32.7 Å². The van der Waals surface area contributed by atoms with Crippen molar-refractivity contribution in [1.29, 1.82) is 0 Å². The van der Waals surface area contributed by atoms with Gasteiger partial charge in [0, 0.05) is 32.7 Å². The summed E-state index contributed by atoms with van der Waals surface area (Å²) < 4.78 is 11.4. The van der Waals surface area contributed by atoms with E-state index in [2.05, 4.69) is 0 Å². The van der Waals surface area contributed by atoms with E-state index in [1.165, 1.54) is 6.42 Å². The number of ether oxygens (including phenoxy) is 2. The van der Waals surface area contributed by atoms with Gasteiger partial charge in [-0.2, -0.15) is 0 Å². The highest BCUT2D eigenvalue weighted by Crippen LogP contribution is 2.18. The van der Waals surface area contributed by atoms with Gasteiger partial charge in [0.25, 0.3) is 0 Å². The Labute approximate surface area is 138 Å². The fraction of sp³-hybridized carbons (Fsp3) is 0.875. The number of nitrogens with two attached hydrogens (primary N) is 1. The van der Waals surface area contributed by atoms with Crippen LogP contribution < -0.4 is 5.73 Å². The summed E-state index contributed by atoms with van der Waals surface area (Å²) >= 11 is 0. The Balaban J connectivity index is 1.71. The number of carbonyl (C=O) groups excluding carboxylic acids is 2. The number of nitrogens with zero attached hydrogens (tertiary/aromatic N) is 2. The Kier molecular flexibility index (Phi) is 7.26. The molecule has 2 aliphatic heterocycles. The first-order valence-electron chi connectivity index (χ1n) is 8.52. The molecule has 2 N–H and O–H groups in total. The van der Waals surface area contributed by atoms with Gasteiger partial charge in [-0.3, -0.25) is 14.5 Å². The number of likely N-dealkylation sites (N-methyl/N-ethyl adjacent to an activating group) is 1. The smallest absolute Gasteiger partial charge is 0.231 e. The predicted molar refractivity (Wildman–Crippen MR) is 85.8 cm³/mol. The summed E-state index contributed by atoms with van der Waals surface area (Å²) in [6.45, 7) is 3.38. The van der Waals surface area contributed by atoms with Gasteiger partial charge in [-0.15, -0.1) is 0 Å². The first-order chi connectivity index (χ1) is 11.0. The molecule has 0 radical (unpaired) electrons. The van der Waals surface area contributed by atoms with Crippen LogP contribution in [0.3, 0.4) is 0 Å². The molecular formula is C16H29N3O4. The Morgan fingerprint density at radius 3 is 2.70 bits per heavy atom. The first kappa shape index (κ1) is 18.2. The number of morpholine rings is 1. The zero-order valence-corrected chi connectivity index (χ0v) is 14.0. The van der Waals surface area contributed by atoms with Crippen LogP contribution in [0.5, 0.6) is 0 Å². The monoisotopic (exact) mass is 327 g/mol. The molecule has 0 aromatic rings. The third-order valence-electron chi connectivity index (χ3n) is 4.39. The maximum Gasteiger partial charge on any atom is 0.231 e. The van der Waals surface area contributed by atoms with Crippen LogP contribution in [0.25, 0.3) is 0 Å². The van der Waals surface area contributed by atoms with Crippen LogP contribution in [-0.4, -0.2) is 80.3 Å². The average molecular weight is 327 g/mol. The van der Waals surface area contributed by atoms with E-state index in [9.17, 15) is 9.59 Å². The van der Waals surface area contributed by atoms with Gasteiger partial charge in [0.15, 0.2) is 0 Å². The minimum Gasteiger partial charge on any atom is -0.378 e. The lowest BCUT2D eigenvalue weighted by Crippen LogP contribution is -2.50. The summed E-state index contributed by atoms with van der Waals surface area (Å²) in [7, 11) is 1.83. The van der Waals surface area contributed by atoms with E-state index < -0.39 is 0 Å². The third-order valence-corrected chi connectivity index (χ3v) is 4.39. The van der Waals surface area contributed by atoms with E-state index in [1.807, 2.05) is 16.8 Å². The molecule has 0 unspecified atom stereocenters. The Morgan fingerprint density at radius 1 is 1.22 bits per heavy atom. The van der Waals surface area contributed by atoms with Crippen molar-refractivity contribution in [1.82, 2.24) is 9.80 Å². The average Bonchev–Trinajstić information content (AvgIpc) is 2.53. The van der Waals surface area contributed by atoms with Crippen molar-refractivity contribution in [3.05, 3.63) is 0 Å². The molecule has 0 aromatic carbocycles. The minimum absolute atomic E-state index is 0.0667. The topological polar surface area (TPSA) is 85.1 Å². The van der Waals surface area contributed by atoms with Gasteiger partial charge in [-0.1, -0.05) is 0 Å². The lowest BCUT2D eigenvalue weighted by Gasteiger charge is -2.35. The van der Waals surface area contributed by atoms with Gasteiger partial charge in [0.05, 0.1) is 25.4 Å². The summed E-state index contributed by atoms with van der Waals surface area (Å²) in [6.07, 6.45) is 4.92. The van der Waals surface area contributed by atoms with Crippen LogP contribution in [0.1, 0.15) is 32.1 Å². The molecule has 2 amide bonds. The maximum atomic E-state index is 12.4. The van der Waals surface area contributed by atoms with Crippen LogP contribution in [0.15, 0.2) is 0 Å². The van der Waals surface area contributed by atoms with Gasteiger partial charge in [-0.25, -0.2) is 0 Å². The fourth-order valence-corrected chi connectivity index (χ4v) is 3.21. The highest BCUT2D eigenvalue weighted by molar-refractivity contribution is 5.76. The lowest BCUT2D eigenvalue weighted by molar-refractivity contribution is -0.140. The predicted octanol–water partition coefficient (Wildman–Crippen LogP) is -0.0198. The summed E-state index contributed by atoms with van der Waals surface area (Å²) in [5, 5.41) is 0. The number of rotatable bonds is 7. The molecule has 0 bridgehead atoms. The molecule has 0 saturated carbocycles. The first-order valence-corrected chi connectivity index (χ1v) is 8.52. The Bertz CT molecular complexity index is 399. The Morgan fingerprint density at radius 2 is 2.00 bits per heavy atom. The largest absolute Gasteiger partial charge is 0.378 e. The molecule has 2 heterocycles. The number of amides is 2. The molecule has 2 aliphatic rings. The van der Waals surface area contributed by atoms with E-state index >= 15 is 0 Å². The van der Waals surface area contributed by atoms with Gasteiger partial charge in [-0.05, 0) is 32.7 Å². The summed E-state index contributed by atoms with van der Waals surface area (Å²) in [6, 6.07) is 0. The quantitative estimate of drug-likeness (QED) is 0.710. The second-order valence-electron chi connectivity index (χ2n) is 6.52. The van der Waals surface area contributed by atoms with Crippen molar-refractivity contribution in [2.75, 3.05) is 46.4 Å². The van der Waals surface area contributed by atoms with Crippen LogP contribution >= 0.6 is 0 Å². The van der Waals surface area contributed by atoms with Crippen molar-refractivity contribution in [2.24, 2.45) is 5.73 Å². The maximum absolute atomic E-state index is 12.4. The third kappa shape index (κ3) is 6.45. The molecule has 2 fully saturated rings. The normalized spacial score (nSPS) is 25.6. The van der Waals surface area contributed by atoms with Gasteiger partial charge in [0.2, 0.25) is 11.8 Å². The van der Waals surface area contributed by atoms with Crippen LogP contribution in [0.4, 0.5) is 0 Å². The lowest BCUT2D eigenvalue weighted by atomic mass is 10.0. The second-order valence-corrected chi connectivity index (χ2v) is 6.52. The van der Waals surface area contributed by atoms with Crippen molar-refractivity contribution >= 4 is 11.8 Å². The van der Waals surface area contributed by atoms with E-state index in [0.717, 1.165) is 25.9 Å². The highest BCUT2D eigenvalue weighted by Gasteiger charge is 2.26. The molecule has 7 nitrogen and oxygen atoms in total. The summed E-state index contributed by atoms with van der Waals surface area (Å²) in [5.41, 5.74) is 5.19. The molecule has 2 rings (SSSR count). The SMILES string of the molecule is CN(CC(N)=O)C[C@@H]1CN(C(=O)CC[C@@H]2CCCCO2)CCO1. The summed E-state index contributed by atoms with van der Waals surface area (Å²) in [4.78, 5) is 27.0. The molecule has 132 valence electrons. The molecule has 23 heavy (non-hydrogen) atoms. The molecule has 0 aromatic heterocycles. The molecule has 2 atom stereocenters. The van der Waals surface area contributed by atoms with Crippen molar-refractivity contribution in [3.63, 3.8) is 0 Å². The van der Waals surface area contributed by atoms with Gasteiger partial charge in [0.1, 0.15) is 0 Å². The van der Waals surface area contributed by atoms with Crippen molar-refractivity contribution in [3.8, 4) is 0 Å². The molecule has 7 heteroatoms.